The van der Waals surface area contributed by atoms with E-state index < -0.39 is 5.79 Å². The summed E-state index contributed by atoms with van der Waals surface area (Å²) in [6.07, 6.45) is 12.1. The van der Waals surface area contributed by atoms with Gasteiger partial charge in [0.1, 0.15) is 5.78 Å². The van der Waals surface area contributed by atoms with Crippen molar-refractivity contribution in [3.05, 3.63) is 59.7 Å². The summed E-state index contributed by atoms with van der Waals surface area (Å²) in [7, 11) is 0. The van der Waals surface area contributed by atoms with E-state index in [1.165, 1.54) is 5.57 Å². The highest BCUT2D eigenvalue weighted by Crippen LogP contribution is 2.68. The Hall–Kier alpha value is -2.22. The molecule has 4 nitrogen and oxygen atoms in total. The Morgan fingerprint density at radius 3 is 2.58 bits per heavy atom. The maximum atomic E-state index is 12.5. The summed E-state index contributed by atoms with van der Waals surface area (Å²) >= 11 is 0. The van der Waals surface area contributed by atoms with Crippen molar-refractivity contribution in [1.82, 2.24) is 0 Å². The third-order valence-electron chi connectivity index (χ3n) is 10.8. The van der Waals surface area contributed by atoms with Crippen molar-refractivity contribution in [2.24, 2.45) is 40.4 Å². The Morgan fingerprint density at radius 2 is 1.92 bits per heavy atom. The lowest BCUT2D eigenvalue weighted by Gasteiger charge is -2.60. The highest BCUT2D eigenvalue weighted by molar-refractivity contribution is 5.79. The minimum atomic E-state index is -1.17. The average Bonchev–Trinajstić information content (AvgIpc) is 3.22. The molecule has 192 valence electrons. The van der Waals surface area contributed by atoms with Crippen LogP contribution >= 0.6 is 0 Å². The first-order valence-corrected chi connectivity index (χ1v) is 13.8. The average molecular weight is 488 g/mol. The van der Waals surface area contributed by atoms with E-state index in [1.54, 1.807) is 19.1 Å². The topological polar surface area (TPSA) is 70.3 Å². The summed E-state index contributed by atoms with van der Waals surface area (Å²) in [4.78, 5) is 12.5. The number of hydrogen-bond donors (Lipinski definition) is 1. The first kappa shape index (κ1) is 25.4. The van der Waals surface area contributed by atoms with Gasteiger partial charge in [0.2, 0.25) is 0 Å². The number of nitriles is 1. The lowest BCUT2D eigenvalue weighted by atomic mass is 9.45. The van der Waals surface area contributed by atoms with E-state index in [0.29, 0.717) is 54.5 Å². The molecule has 0 saturated heterocycles. The van der Waals surface area contributed by atoms with Crippen LogP contribution in [0.1, 0.15) is 83.3 Å². The second kappa shape index (κ2) is 9.26. The van der Waals surface area contributed by atoms with Crippen molar-refractivity contribution in [2.75, 3.05) is 0 Å². The van der Waals surface area contributed by atoms with Crippen LogP contribution in [-0.4, -0.2) is 16.7 Å². The Morgan fingerprint density at radius 1 is 1.17 bits per heavy atom. The molecule has 1 aromatic rings. The zero-order valence-corrected chi connectivity index (χ0v) is 22.1. The molecular weight excluding hydrogens is 446 g/mol. The predicted molar refractivity (Wildman–Crippen MR) is 140 cm³/mol. The largest absolute Gasteiger partial charge is 0.365 e. The van der Waals surface area contributed by atoms with E-state index in [1.807, 2.05) is 12.1 Å². The zero-order chi connectivity index (χ0) is 25.7. The molecular formula is C32H41NO3. The van der Waals surface area contributed by atoms with E-state index in [0.717, 1.165) is 44.1 Å². The molecule has 4 aliphatic carbocycles. The van der Waals surface area contributed by atoms with Gasteiger partial charge in [-0.15, -0.1) is 6.58 Å². The second-order valence-corrected chi connectivity index (χ2v) is 12.6. The summed E-state index contributed by atoms with van der Waals surface area (Å²) in [5.74, 6) is 1.56. The number of aliphatic hydroxyl groups is 1. The SMILES string of the molecule is C=CCC1C=C2C[C@@](O)(OCc3ccc(C#N)cc3)CC[C@]2(C)C2CC[C@@]3(C)C(CC[C@@H]3C(C)=O)C12. The Kier molecular flexibility index (Phi) is 6.54. The highest BCUT2D eigenvalue weighted by atomic mass is 16.6. The van der Waals surface area contributed by atoms with Crippen molar-refractivity contribution in [2.45, 2.75) is 84.5 Å². The monoisotopic (exact) mass is 487 g/mol. The van der Waals surface area contributed by atoms with Crippen LogP contribution in [0.5, 0.6) is 0 Å². The third kappa shape index (κ3) is 4.09. The van der Waals surface area contributed by atoms with Crippen molar-refractivity contribution in [3.63, 3.8) is 0 Å². The molecule has 0 amide bonds. The number of benzene rings is 1. The van der Waals surface area contributed by atoms with Gasteiger partial charge in [0.15, 0.2) is 5.79 Å². The van der Waals surface area contributed by atoms with E-state index in [4.69, 9.17) is 10.00 Å². The smallest absolute Gasteiger partial charge is 0.169 e. The predicted octanol–water partition coefficient (Wildman–Crippen LogP) is 6.73. The lowest BCUT2D eigenvalue weighted by Crippen LogP contribution is -2.55. The van der Waals surface area contributed by atoms with Gasteiger partial charge in [-0.2, -0.15) is 5.26 Å². The molecule has 0 heterocycles. The molecule has 1 N–H and O–H groups in total. The fraction of sp³-hybridized carbons (Fsp3) is 0.625. The number of allylic oxidation sites excluding steroid dienone is 2. The van der Waals surface area contributed by atoms with E-state index in [-0.39, 0.29) is 16.7 Å². The number of hydrogen-bond acceptors (Lipinski definition) is 4. The normalized spacial score (nSPS) is 41.3. The zero-order valence-electron chi connectivity index (χ0n) is 22.1. The van der Waals surface area contributed by atoms with Gasteiger partial charge in [0.25, 0.3) is 0 Å². The van der Waals surface area contributed by atoms with Gasteiger partial charge in [-0.25, -0.2) is 0 Å². The molecule has 5 rings (SSSR count). The van der Waals surface area contributed by atoms with Crippen LogP contribution < -0.4 is 0 Å². The van der Waals surface area contributed by atoms with Gasteiger partial charge in [0.05, 0.1) is 18.2 Å². The quantitative estimate of drug-likeness (QED) is 0.357. The number of ether oxygens (including phenoxy) is 1. The molecule has 0 aromatic heterocycles. The molecule has 8 atom stereocenters. The minimum absolute atomic E-state index is 0.0714. The van der Waals surface area contributed by atoms with Gasteiger partial charge in [-0.1, -0.05) is 43.7 Å². The summed E-state index contributed by atoms with van der Waals surface area (Å²) in [5, 5.41) is 20.5. The van der Waals surface area contributed by atoms with Crippen molar-refractivity contribution >= 4 is 5.78 Å². The van der Waals surface area contributed by atoms with Crippen LogP contribution in [0.15, 0.2) is 48.6 Å². The van der Waals surface area contributed by atoms with Crippen LogP contribution in [-0.2, 0) is 16.1 Å². The summed E-state index contributed by atoms with van der Waals surface area (Å²) < 4.78 is 6.16. The summed E-state index contributed by atoms with van der Waals surface area (Å²) in [5.41, 5.74) is 3.14. The number of Topliss-reactive ketones (excluding diaryl/α,β-unsaturated/α-hetero) is 1. The number of carbonyl (C=O) groups excluding carboxylic acids is 1. The fourth-order valence-electron chi connectivity index (χ4n) is 8.88. The van der Waals surface area contributed by atoms with Gasteiger partial charge >= 0.3 is 0 Å². The molecule has 0 aliphatic heterocycles. The molecule has 4 aliphatic rings. The number of carbonyl (C=O) groups is 1. The van der Waals surface area contributed by atoms with Crippen LogP contribution in [0.3, 0.4) is 0 Å². The van der Waals surface area contributed by atoms with E-state index in [9.17, 15) is 9.90 Å². The molecule has 0 radical (unpaired) electrons. The standard InChI is InChI=1S/C32H41NO3/c1-5-6-24-17-25-18-32(35,36-20-23-9-7-22(19-33)8-10-23)16-15-30(25,3)28-13-14-31(4)26(21(2)34)11-12-27(31)29(24)28/h5,7-10,17,24,26-29,35H,1,6,11-16,18,20H2,2-4H3/t24?,26-,27?,28?,29?,30+,31-,32+/m1/s1. The molecule has 36 heavy (non-hydrogen) atoms. The van der Waals surface area contributed by atoms with Crippen molar-refractivity contribution in [3.8, 4) is 6.07 Å². The van der Waals surface area contributed by atoms with Crippen LogP contribution in [0.25, 0.3) is 0 Å². The van der Waals surface area contributed by atoms with E-state index >= 15 is 0 Å². The number of fused-ring (bicyclic) bond motifs is 5. The third-order valence-corrected chi connectivity index (χ3v) is 10.8. The first-order valence-electron chi connectivity index (χ1n) is 13.8. The number of rotatable bonds is 6. The van der Waals surface area contributed by atoms with Crippen LogP contribution in [0.2, 0.25) is 0 Å². The molecule has 3 saturated carbocycles. The Labute approximate surface area is 216 Å². The maximum Gasteiger partial charge on any atom is 0.169 e. The van der Waals surface area contributed by atoms with Crippen molar-refractivity contribution in [1.29, 1.82) is 5.26 Å². The summed E-state index contributed by atoms with van der Waals surface area (Å²) in [6, 6.07) is 9.52. The number of ketones is 1. The van der Waals surface area contributed by atoms with Gasteiger partial charge in [-0.3, -0.25) is 4.79 Å². The lowest BCUT2D eigenvalue weighted by molar-refractivity contribution is -0.232. The molecule has 0 bridgehead atoms. The fourth-order valence-corrected chi connectivity index (χ4v) is 8.88. The van der Waals surface area contributed by atoms with Gasteiger partial charge < -0.3 is 9.84 Å². The van der Waals surface area contributed by atoms with Gasteiger partial charge in [-0.05, 0) is 97.6 Å². The highest BCUT2D eigenvalue weighted by Gasteiger charge is 2.62. The molecule has 0 spiro atoms. The van der Waals surface area contributed by atoms with Crippen LogP contribution in [0.4, 0.5) is 0 Å². The Bertz CT molecular complexity index is 1100. The minimum Gasteiger partial charge on any atom is -0.365 e. The maximum absolute atomic E-state index is 12.5. The number of nitrogens with zero attached hydrogens (tertiary/aromatic N) is 1. The van der Waals surface area contributed by atoms with Gasteiger partial charge in [0, 0.05) is 18.8 Å². The molecule has 4 unspecified atom stereocenters. The molecule has 4 heteroatoms. The molecule has 3 fully saturated rings. The molecule has 1 aromatic carbocycles. The first-order chi connectivity index (χ1) is 17.1. The van der Waals surface area contributed by atoms with Crippen LogP contribution in [0, 0.1) is 51.8 Å². The second-order valence-electron chi connectivity index (χ2n) is 12.6. The van der Waals surface area contributed by atoms with E-state index in [2.05, 4.69) is 38.6 Å². The summed E-state index contributed by atoms with van der Waals surface area (Å²) in [6.45, 7) is 11.0. The van der Waals surface area contributed by atoms with Crippen molar-refractivity contribution < 1.29 is 14.6 Å². The Balaban J connectivity index is 1.40.